The molecule has 208 valence electrons. The monoisotopic (exact) mass is 612 g/mol. The van der Waals surface area contributed by atoms with Gasteiger partial charge in [0.25, 0.3) is 11.8 Å². The molecule has 1 saturated heterocycles. The van der Waals surface area contributed by atoms with E-state index in [-0.39, 0.29) is 17.1 Å². The summed E-state index contributed by atoms with van der Waals surface area (Å²) in [6, 6.07) is -0.980. The summed E-state index contributed by atoms with van der Waals surface area (Å²) in [5.41, 5.74) is 1.24. The van der Waals surface area contributed by atoms with Crippen molar-refractivity contribution in [3.8, 4) is 0 Å². The fraction of sp³-hybridized carbons (Fsp3) is 0.455. The molecule has 17 heteroatoms. The van der Waals surface area contributed by atoms with Gasteiger partial charge in [0.15, 0.2) is 10.1 Å². The first kappa shape index (κ1) is 29.0. The molecule has 39 heavy (non-hydrogen) atoms. The number of aromatic nitrogens is 3. The fourth-order valence-electron chi connectivity index (χ4n) is 3.54. The molecule has 0 saturated carbocycles. The molecule has 0 spiro atoms. The Bertz CT molecular complexity index is 1330. The van der Waals surface area contributed by atoms with Crippen molar-refractivity contribution in [2.24, 2.45) is 5.16 Å². The van der Waals surface area contributed by atoms with E-state index in [1.165, 1.54) is 56.6 Å². The van der Waals surface area contributed by atoms with Gasteiger partial charge < -0.3 is 20.0 Å². The third-order valence-corrected chi connectivity index (χ3v) is 9.05. The molecule has 0 radical (unpaired) electrons. The molecule has 1 fully saturated rings. The summed E-state index contributed by atoms with van der Waals surface area (Å²) in [6.07, 6.45) is 0. The largest absolute Gasteiger partial charge is 0.477 e. The van der Waals surface area contributed by atoms with Crippen LogP contribution in [0.15, 0.2) is 31.7 Å². The summed E-state index contributed by atoms with van der Waals surface area (Å²) in [7, 11) is 0. The number of hydrogen-bond acceptors (Lipinski definition) is 14. The number of thioether (sulfide) groups is 2. The normalized spacial score (nSPS) is 19.3. The van der Waals surface area contributed by atoms with E-state index in [2.05, 4.69) is 25.7 Å². The summed E-state index contributed by atoms with van der Waals surface area (Å²) in [5.74, 6) is -2.50. The average molecular weight is 613 g/mol. The van der Waals surface area contributed by atoms with Crippen molar-refractivity contribution in [2.75, 3.05) is 18.1 Å². The van der Waals surface area contributed by atoms with Gasteiger partial charge in [-0.05, 0) is 33.3 Å². The lowest BCUT2D eigenvalue weighted by atomic mass is 10.0. The van der Waals surface area contributed by atoms with Gasteiger partial charge in [-0.3, -0.25) is 14.5 Å². The van der Waals surface area contributed by atoms with Crippen molar-refractivity contribution in [1.82, 2.24) is 25.4 Å². The minimum absolute atomic E-state index is 0.0860. The van der Waals surface area contributed by atoms with Crippen LogP contribution in [-0.2, 0) is 28.8 Å². The number of thiazole rings is 1. The second-order valence-electron chi connectivity index (χ2n) is 9.17. The molecule has 0 aliphatic carbocycles. The number of nitrogens with zero attached hydrogens (tertiary/aromatic N) is 5. The first-order valence-corrected chi connectivity index (χ1v) is 15.2. The summed E-state index contributed by atoms with van der Waals surface area (Å²) in [5, 5.41) is 26.0. The van der Waals surface area contributed by atoms with Crippen molar-refractivity contribution < 1.29 is 33.9 Å². The van der Waals surface area contributed by atoms with E-state index in [1.807, 2.05) is 6.92 Å². The van der Waals surface area contributed by atoms with E-state index in [0.717, 1.165) is 5.01 Å². The van der Waals surface area contributed by atoms with Gasteiger partial charge in [0.2, 0.25) is 6.61 Å². The minimum atomic E-state index is -1.22. The quantitative estimate of drug-likeness (QED) is 0.131. The van der Waals surface area contributed by atoms with E-state index in [4.69, 9.17) is 9.57 Å². The topological polar surface area (TPSA) is 173 Å². The van der Waals surface area contributed by atoms with Crippen LogP contribution >= 0.6 is 46.2 Å². The maximum atomic E-state index is 13.1. The number of carboxylic acids is 1. The highest BCUT2D eigenvalue weighted by Crippen LogP contribution is 2.41. The number of fused-ring (bicyclic) bond motifs is 1. The lowest BCUT2D eigenvalue weighted by Crippen LogP contribution is -2.71. The molecule has 2 aliphatic rings. The smallest absolute Gasteiger partial charge is 0.352 e. The summed E-state index contributed by atoms with van der Waals surface area (Å²) < 4.78 is 5.86. The maximum Gasteiger partial charge on any atom is 0.352 e. The molecule has 2 amide bonds. The van der Waals surface area contributed by atoms with E-state index >= 15 is 0 Å². The van der Waals surface area contributed by atoms with Crippen molar-refractivity contribution in [2.45, 2.75) is 49.1 Å². The van der Waals surface area contributed by atoms with Crippen LogP contribution in [0.3, 0.4) is 0 Å². The Kier molecular flexibility index (Phi) is 8.93. The van der Waals surface area contributed by atoms with Crippen molar-refractivity contribution in [3.05, 3.63) is 32.9 Å². The van der Waals surface area contributed by atoms with E-state index < -0.39 is 47.4 Å². The zero-order valence-electron chi connectivity index (χ0n) is 21.2. The molecule has 2 atom stereocenters. The van der Waals surface area contributed by atoms with Gasteiger partial charge in [0, 0.05) is 16.9 Å². The zero-order chi connectivity index (χ0) is 28.3. The third kappa shape index (κ3) is 6.95. The second-order valence-corrected chi connectivity index (χ2v) is 13.4. The Morgan fingerprint density at radius 1 is 1.31 bits per heavy atom. The Labute approximate surface area is 239 Å². The number of nitrogens with one attached hydrogen (secondary N) is 1. The molecule has 2 aromatic rings. The van der Waals surface area contributed by atoms with Crippen molar-refractivity contribution in [3.63, 3.8) is 0 Å². The van der Waals surface area contributed by atoms with E-state index in [9.17, 15) is 24.3 Å². The molecular weight excluding hydrogens is 589 g/mol. The summed E-state index contributed by atoms with van der Waals surface area (Å²) >= 11 is 5.33. The van der Waals surface area contributed by atoms with Crippen molar-refractivity contribution >= 4 is 75.7 Å². The number of aryl methyl sites for hydroxylation is 1. The maximum absolute atomic E-state index is 13.1. The number of amides is 2. The van der Waals surface area contributed by atoms with Gasteiger partial charge in [-0.1, -0.05) is 28.3 Å². The highest BCUT2D eigenvalue weighted by Gasteiger charge is 2.54. The second kappa shape index (κ2) is 12.0. The van der Waals surface area contributed by atoms with E-state index in [0.29, 0.717) is 21.4 Å². The van der Waals surface area contributed by atoms with Gasteiger partial charge in [-0.2, -0.15) is 0 Å². The van der Waals surface area contributed by atoms with Crippen LogP contribution in [-0.4, -0.2) is 89.8 Å². The lowest BCUT2D eigenvalue weighted by Gasteiger charge is -2.49. The highest BCUT2D eigenvalue weighted by molar-refractivity contribution is 8.01. The molecule has 2 aliphatic heterocycles. The number of oxime groups is 1. The number of esters is 1. The number of hydrogen-bond donors (Lipinski definition) is 2. The minimum Gasteiger partial charge on any atom is -0.477 e. The molecule has 4 rings (SSSR count). The van der Waals surface area contributed by atoms with Crippen LogP contribution in [0.5, 0.6) is 0 Å². The fourth-order valence-corrected chi connectivity index (χ4v) is 7.38. The molecule has 1 unspecified atom stereocenters. The molecule has 4 heterocycles. The van der Waals surface area contributed by atoms with Gasteiger partial charge in [0.05, 0.1) is 5.51 Å². The third-order valence-electron chi connectivity index (χ3n) is 5.06. The van der Waals surface area contributed by atoms with Gasteiger partial charge in [-0.25, -0.2) is 14.6 Å². The predicted molar refractivity (Wildman–Crippen MR) is 146 cm³/mol. The number of carbonyl (C=O) groups is 4. The Morgan fingerprint density at radius 3 is 2.69 bits per heavy atom. The lowest BCUT2D eigenvalue weighted by molar-refractivity contribution is -0.160. The predicted octanol–water partition coefficient (Wildman–Crippen LogP) is 1.90. The highest BCUT2D eigenvalue weighted by atomic mass is 32.2. The Balaban J connectivity index is 1.44. The van der Waals surface area contributed by atoms with Crippen LogP contribution in [0, 0.1) is 6.92 Å². The zero-order valence-corrected chi connectivity index (χ0v) is 24.5. The number of ether oxygens (including phenoxy) is 1. The van der Waals surface area contributed by atoms with Crippen LogP contribution in [0.1, 0.15) is 31.5 Å². The number of carbonyl (C=O) groups excluding carboxylic acids is 3. The average Bonchev–Trinajstić information content (AvgIpc) is 3.53. The van der Waals surface area contributed by atoms with Gasteiger partial charge in [0.1, 0.15) is 33.4 Å². The van der Waals surface area contributed by atoms with E-state index in [1.54, 1.807) is 26.2 Å². The van der Waals surface area contributed by atoms with Crippen LogP contribution < -0.4 is 5.32 Å². The number of carboxylic acid groups (broad SMARTS) is 1. The summed E-state index contributed by atoms with van der Waals surface area (Å²) in [6.45, 7) is 6.41. The van der Waals surface area contributed by atoms with Gasteiger partial charge >= 0.3 is 11.9 Å². The van der Waals surface area contributed by atoms with Gasteiger partial charge in [-0.15, -0.1) is 33.3 Å². The van der Waals surface area contributed by atoms with Crippen LogP contribution in [0.2, 0.25) is 0 Å². The molecule has 0 aromatic carbocycles. The Hall–Kier alpha value is -3.02. The SMILES string of the molecule is Cc1nnc(SCC2=C(C(=O)O)N3C(=O)C(NC(=O)C(=NOCC(=O)OC(C)(C)C)c4cscn4)[C@@H]3SC2)s1. The molecule has 2 aromatic heterocycles. The molecular formula is C22H24N6O7S4. The van der Waals surface area contributed by atoms with Crippen LogP contribution in [0.4, 0.5) is 0 Å². The molecule has 0 bridgehead atoms. The summed E-state index contributed by atoms with van der Waals surface area (Å²) in [4.78, 5) is 60.5. The molecule has 2 N–H and O–H groups in total. The van der Waals surface area contributed by atoms with Crippen molar-refractivity contribution in [1.29, 1.82) is 0 Å². The molecule has 13 nitrogen and oxygen atoms in total. The Morgan fingerprint density at radius 2 is 2.08 bits per heavy atom. The number of aliphatic carboxylic acids is 1. The van der Waals surface area contributed by atoms with Crippen LogP contribution in [0.25, 0.3) is 0 Å². The first-order chi connectivity index (χ1) is 18.4. The number of β-lactam (4-membered cyclic amide) rings is 1. The first-order valence-electron chi connectivity index (χ1n) is 11.4. The number of rotatable bonds is 10. The standard InChI is InChI=1S/C22H24N6O7S4/c1-10-25-26-21(39-10)38-7-11-6-37-19-15(18(31)28(19)16(11)20(32)33)24-17(30)14(12-8-36-9-23-12)27-34-5-13(29)35-22(2,3)4/h8-9,15,19H,5-7H2,1-4H3,(H,24,30)(H,32,33)/t15?,19-/m0/s1.